The van der Waals surface area contributed by atoms with E-state index < -0.39 is 32.0 Å². The van der Waals surface area contributed by atoms with Crippen molar-refractivity contribution in [3.8, 4) is 5.75 Å². The lowest BCUT2D eigenvalue weighted by Crippen LogP contribution is -2.51. The van der Waals surface area contributed by atoms with Crippen LogP contribution in [0.15, 0.2) is 64.4 Å². The topological polar surface area (TPSA) is 155 Å². The van der Waals surface area contributed by atoms with E-state index in [4.69, 9.17) is 4.74 Å². The lowest BCUT2D eigenvalue weighted by molar-refractivity contribution is -0.133. The number of thiazole rings is 1. The molecule has 34 heavy (non-hydrogen) atoms. The van der Waals surface area contributed by atoms with E-state index in [0.717, 1.165) is 15.6 Å². The maximum Gasteiger partial charge on any atom is 0.263 e. The van der Waals surface area contributed by atoms with E-state index >= 15 is 0 Å². The summed E-state index contributed by atoms with van der Waals surface area (Å²) in [5.74, 6) is -0.457. The lowest BCUT2D eigenvalue weighted by atomic mass is 10.1. The maximum atomic E-state index is 13.3. The van der Waals surface area contributed by atoms with Crippen LogP contribution in [-0.4, -0.2) is 50.4 Å². The number of ether oxygens (including phenoxy) is 1. The summed E-state index contributed by atoms with van der Waals surface area (Å²) in [6, 6.07) is 12.1. The summed E-state index contributed by atoms with van der Waals surface area (Å²) in [4.78, 5) is 17.1. The summed E-state index contributed by atoms with van der Waals surface area (Å²) in [7, 11) is -6.63. The van der Waals surface area contributed by atoms with Gasteiger partial charge in [-0.1, -0.05) is 18.2 Å². The molecule has 2 heterocycles. The standard InChI is InChI=1S/C20H20N4O7S3/c1-31-13-7-9-15(10-8-13)34(29,30)24-12-16-18(11-17(24)19(25)22-26)32-20(21-16)23-33(27,28)14-5-3-2-4-6-14/h2-10,17,26H,11-12H2,1H3,(H,21,23)(H,22,25). The van der Waals surface area contributed by atoms with Gasteiger partial charge in [-0.05, 0) is 36.4 Å². The number of anilines is 1. The second-order valence-corrected chi connectivity index (χ2v) is 11.9. The summed E-state index contributed by atoms with van der Waals surface area (Å²) >= 11 is 1.00. The van der Waals surface area contributed by atoms with Gasteiger partial charge in [0.25, 0.3) is 15.9 Å². The molecule has 2 aromatic carbocycles. The number of carbonyl (C=O) groups excluding carboxylic acids is 1. The molecule has 0 aliphatic carbocycles. The number of carbonyl (C=O) groups is 1. The van der Waals surface area contributed by atoms with E-state index in [9.17, 15) is 26.8 Å². The third kappa shape index (κ3) is 4.63. The first-order chi connectivity index (χ1) is 16.2. The van der Waals surface area contributed by atoms with Gasteiger partial charge in [0.1, 0.15) is 11.8 Å². The Morgan fingerprint density at radius 3 is 2.38 bits per heavy atom. The summed E-state index contributed by atoms with van der Waals surface area (Å²) in [5, 5.41) is 9.24. The van der Waals surface area contributed by atoms with Crippen molar-refractivity contribution in [2.24, 2.45) is 0 Å². The maximum absolute atomic E-state index is 13.3. The van der Waals surface area contributed by atoms with E-state index in [1.54, 1.807) is 18.2 Å². The molecular formula is C20H20N4O7S3. The summed E-state index contributed by atoms with van der Waals surface area (Å²) in [5.41, 5.74) is 1.83. The number of fused-ring (bicyclic) bond motifs is 1. The fourth-order valence-corrected chi connectivity index (χ4v) is 7.26. The van der Waals surface area contributed by atoms with E-state index in [1.807, 2.05) is 0 Å². The van der Waals surface area contributed by atoms with Gasteiger partial charge in [0.05, 0.1) is 29.1 Å². The van der Waals surface area contributed by atoms with Crippen molar-refractivity contribution in [1.82, 2.24) is 14.8 Å². The number of aromatic nitrogens is 1. The quantitative estimate of drug-likeness (QED) is 0.311. The van der Waals surface area contributed by atoms with Crippen LogP contribution in [0.1, 0.15) is 10.6 Å². The molecule has 1 aliphatic rings. The third-order valence-electron chi connectivity index (χ3n) is 5.16. The molecule has 1 amide bonds. The molecule has 1 aromatic heterocycles. The van der Waals surface area contributed by atoms with Crippen LogP contribution >= 0.6 is 11.3 Å². The summed E-state index contributed by atoms with van der Waals surface area (Å²) in [6.07, 6.45) is -0.0954. The zero-order chi connectivity index (χ0) is 24.5. The minimum atomic E-state index is -4.17. The molecule has 4 rings (SSSR count). The Bertz CT molecular complexity index is 1410. The molecule has 1 atom stereocenters. The van der Waals surface area contributed by atoms with Gasteiger partial charge < -0.3 is 4.74 Å². The fourth-order valence-electron chi connectivity index (χ4n) is 3.45. The Hall–Kier alpha value is -3.04. The second-order valence-electron chi connectivity index (χ2n) is 7.23. The predicted octanol–water partition coefficient (Wildman–Crippen LogP) is 1.57. The van der Waals surface area contributed by atoms with Gasteiger partial charge in [-0.15, -0.1) is 11.3 Å². The van der Waals surface area contributed by atoms with Crippen molar-refractivity contribution < 1.29 is 31.6 Å². The highest BCUT2D eigenvalue weighted by Gasteiger charge is 2.41. The summed E-state index contributed by atoms with van der Waals surface area (Å²) < 4.78 is 60.3. The highest BCUT2D eigenvalue weighted by Crippen LogP contribution is 2.35. The Morgan fingerprint density at radius 2 is 1.76 bits per heavy atom. The molecule has 0 bridgehead atoms. The normalized spacial score (nSPS) is 16.5. The molecule has 3 aromatic rings. The molecular weight excluding hydrogens is 504 g/mol. The molecule has 0 saturated heterocycles. The van der Waals surface area contributed by atoms with Gasteiger partial charge in [0.15, 0.2) is 5.13 Å². The molecule has 11 nitrogen and oxygen atoms in total. The molecule has 0 fully saturated rings. The van der Waals surface area contributed by atoms with Gasteiger partial charge in [-0.25, -0.2) is 27.3 Å². The van der Waals surface area contributed by atoms with Gasteiger partial charge in [0.2, 0.25) is 10.0 Å². The number of benzene rings is 2. The molecule has 1 aliphatic heterocycles. The number of nitrogens with zero attached hydrogens (tertiary/aromatic N) is 2. The van der Waals surface area contributed by atoms with E-state index in [0.29, 0.717) is 16.3 Å². The largest absolute Gasteiger partial charge is 0.497 e. The number of rotatable bonds is 7. The van der Waals surface area contributed by atoms with E-state index in [-0.39, 0.29) is 27.9 Å². The molecule has 180 valence electrons. The Morgan fingerprint density at radius 1 is 1.09 bits per heavy atom. The third-order valence-corrected chi connectivity index (χ3v) is 9.55. The first-order valence-electron chi connectivity index (χ1n) is 9.82. The number of hydrogen-bond donors (Lipinski definition) is 3. The van der Waals surface area contributed by atoms with Crippen LogP contribution < -0.4 is 14.9 Å². The van der Waals surface area contributed by atoms with Crippen LogP contribution in [0.25, 0.3) is 0 Å². The lowest BCUT2D eigenvalue weighted by Gasteiger charge is -2.32. The highest BCUT2D eigenvalue weighted by molar-refractivity contribution is 7.93. The van der Waals surface area contributed by atoms with Crippen molar-refractivity contribution in [3.05, 3.63) is 65.2 Å². The van der Waals surface area contributed by atoms with Crippen molar-refractivity contribution in [3.63, 3.8) is 0 Å². The highest BCUT2D eigenvalue weighted by atomic mass is 32.2. The Balaban J connectivity index is 1.67. The van der Waals surface area contributed by atoms with Gasteiger partial charge in [-0.2, -0.15) is 4.31 Å². The first kappa shape index (κ1) is 24.1. The first-order valence-corrected chi connectivity index (χ1v) is 13.6. The van der Waals surface area contributed by atoms with Crippen molar-refractivity contribution >= 4 is 42.4 Å². The number of hydroxylamine groups is 1. The smallest absolute Gasteiger partial charge is 0.263 e. The van der Waals surface area contributed by atoms with Crippen molar-refractivity contribution in [1.29, 1.82) is 0 Å². The minimum Gasteiger partial charge on any atom is -0.497 e. The average molecular weight is 525 g/mol. The Labute approximate surface area is 200 Å². The zero-order valence-corrected chi connectivity index (χ0v) is 20.2. The van der Waals surface area contributed by atoms with Gasteiger partial charge in [0, 0.05) is 11.3 Å². The molecule has 0 saturated carbocycles. The van der Waals surface area contributed by atoms with Gasteiger partial charge >= 0.3 is 0 Å². The molecule has 0 radical (unpaired) electrons. The molecule has 1 unspecified atom stereocenters. The number of hydrogen-bond acceptors (Lipinski definition) is 9. The van der Waals surface area contributed by atoms with Crippen LogP contribution in [0.3, 0.4) is 0 Å². The Kier molecular flexibility index (Phi) is 6.60. The van der Waals surface area contributed by atoms with Crippen LogP contribution in [-0.2, 0) is 37.8 Å². The zero-order valence-electron chi connectivity index (χ0n) is 17.7. The van der Waals surface area contributed by atoms with Crippen molar-refractivity contribution in [2.75, 3.05) is 11.8 Å². The molecule has 0 spiro atoms. The number of nitrogens with one attached hydrogen (secondary N) is 2. The molecule has 14 heteroatoms. The molecule has 3 N–H and O–H groups in total. The second kappa shape index (κ2) is 9.31. The van der Waals surface area contributed by atoms with E-state index in [1.165, 1.54) is 49.0 Å². The fraction of sp³-hybridized carbons (Fsp3) is 0.200. The predicted molar refractivity (Wildman–Crippen MR) is 123 cm³/mol. The number of methoxy groups -OCH3 is 1. The van der Waals surface area contributed by atoms with E-state index in [2.05, 4.69) is 9.71 Å². The average Bonchev–Trinajstić information content (AvgIpc) is 3.23. The van der Waals surface area contributed by atoms with Crippen LogP contribution in [0.2, 0.25) is 0 Å². The van der Waals surface area contributed by atoms with Crippen molar-refractivity contribution in [2.45, 2.75) is 28.8 Å². The number of amides is 1. The van der Waals surface area contributed by atoms with Crippen LogP contribution in [0.4, 0.5) is 5.13 Å². The summed E-state index contributed by atoms with van der Waals surface area (Å²) in [6.45, 7) is -0.286. The SMILES string of the molecule is COc1ccc(S(=O)(=O)N2Cc3nc(NS(=O)(=O)c4ccccc4)sc3CC2C(=O)NO)cc1. The van der Waals surface area contributed by atoms with Crippen LogP contribution in [0, 0.1) is 0 Å². The monoisotopic (exact) mass is 524 g/mol. The van der Waals surface area contributed by atoms with Crippen LogP contribution in [0.5, 0.6) is 5.75 Å². The number of sulfonamides is 2. The minimum absolute atomic E-state index is 0.0423. The van der Waals surface area contributed by atoms with Gasteiger partial charge in [-0.3, -0.25) is 14.7 Å².